The van der Waals surface area contributed by atoms with Crippen LogP contribution >= 0.6 is 31.9 Å². The van der Waals surface area contributed by atoms with Gasteiger partial charge >= 0.3 is 0 Å². The van der Waals surface area contributed by atoms with E-state index < -0.39 is 0 Å². The number of rotatable bonds is 4. The Bertz CT molecular complexity index is 641. The highest BCUT2D eigenvalue weighted by Crippen LogP contribution is 2.31. The predicted molar refractivity (Wildman–Crippen MR) is 98.0 cm³/mol. The van der Waals surface area contributed by atoms with Crippen molar-refractivity contribution in [3.8, 4) is 0 Å². The molecule has 2 aromatic carbocycles. The molecule has 0 radical (unpaired) electrons. The second kappa shape index (κ2) is 6.95. The van der Waals surface area contributed by atoms with Crippen LogP contribution in [0.3, 0.4) is 0 Å². The number of hydrogen-bond donors (Lipinski definition) is 1. The summed E-state index contributed by atoms with van der Waals surface area (Å²) in [4.78, 5) is 2.25. The highest BCUT2D eigenvalue weighted by molar-refractivity contribution is 9.13. The zero-order valence-corrected chi connectivity index (χ0v) is 15.7. The standard InChI is InChI=1S/C17H20Br2N2/c1-11-4-7-16(12(2)8-11)21(3)17(10-20)13-5-6-14(18)15(19)9-13/h4-9,17H,10,20H2,1-3H3. The number of nitrogens with two attached hydrogens (primary N) is 1. The van der Waals surface area contributed by atoms with Crippen molar-refractivity contribution in [2.75, 3.05) is 18.5 Å². The van der Waals surface area contributed by atoms with Gasteiger partial charge in [-0.2, -0.15) is 0 Å². The zero-order chi connectivity index (χ0) is 15.6. The third-order valence-electron chi connectivity index (χ3n) is 3.75. The average molecular weight is 412 g/mol. The fourth-order valence-electron chi connectivity index (χ4n) is 2.61. The van der Waals surface area contributed by atoms with Gasteiger partial charge in [-0.15, -0.1) is 0 Å². The van der Waals surface area contributed by atoms with Crippen molar-refractivity contribution in [1.82, 2.24) is 0 Å². The van der Waals surface area contributed by atoms with Crippen LogP contribution in [-0.4, -0.2) is 13.6 Å². The van der Waals surface area contributed by atoms with E-state index in [9.17, 15) is 0 Å². The Labute approximate surface area is 143 Å². The summed E-state index contributed by atoms with van der Waals surface area (Å²) in [5.41, 5.74) is 11.0. The van der Waals surface area contributed by atoms with Crippen molar-refractivity contribution in [1.29, 1.82) is 0 Å². The molecule has 21 heavy (non-hydrogen) atoms. The molecule has 2 N–H and O–H groups in total. The Morgan fingerprint density at radius 3 is 2.33 bits per heavy atom. The van der Waals surface area contributed by atoms with Crippen LogP contribution < -0.4 is 10.6 Å². The number of aryl methyl sites for hydroxylation is 2. The van der Waals surface area contributed by atoms with Crippen LogP contribution in [0.4, 0.5) is 5.69 Å². The minimum absolute atomic E-state index is 0.149. The lowest BCUT2D eigenvalue weighted by Gasteiger charge is -2.31. The van der Waals surface area contributed by atoms with E-state index in [1.165, 1.54) is 22.4 Å². The van der Waals surface area contributed by atoms with Gasteiger partial charge in [0.05, 0.1) is 6.04 Å². The molecule has 1 atom stereocenters. The first-order valence-electron chi connectivity index (χ1n) is 6.89. The fourth-order valence-corrected chi connectivity index (χ4v) is 3.25. The molecule has 112 valence electrons. The first kappa shape index (κ1) is 16.5. The van der Waals surface area contributed by atoms with Gasteiger partial charge in [-0.05, 0) is 75.0 Å². The summed E-state index contributed by atoms with van der Waals surface area (Å²) < 4.78 is 2.10. The van der Waals surface area contributed by atoms with Crippen molar-refractivity contribution in [3.05, 3.63) is 62.0 Å². The molecule has 0 amide bonds. The van der Waals surface area contributed by atoms with Gasteiger partial charge in [-0.25, -0.2) is 0 Å². The van der Waals surface area contributed by atoms with E-state index in [0.717, 1.165) is 8.95 Å². The van der Waals surface area contributed by atoms with Crippen LogP contribution in [0.1, 0.15) is 22.7 Å². The van der Waals surface area contributed by atoms with E-state index in [0.29, 0.717) is 6.54 Å². The Hall–Kier alpha value is -0.840. The van der Waals surface area contributed by atoms with Crippen molar-refractivity contribution in [3.63, 3.8) is 0 Å². The van der Waals surface area contributed by atoms with Crippen LogP contribution in [0, 0.1) is 13.8 Å². The van der Waals surface area contributed by atoms with Crippen LogP contribution in [0.25, 0.3) is 0 Å². The van der Waals surface area contributed by atoms with Gasteiger partial charge in [0.2, 0.25) is 0 Å². The highest BCUT2D eigenvalue weighted by Gasteiger charge is 2.18. The topological polar surface area (TPSA) is 29.3 Å². The average Bonchev–Trinajstić information content (AvgIpc) is 2.43. The van der Waals surface area contributed by atoms with Crippen LogP contribution in [0.5, 0.6) is 0 Å². The maximum atomic E-state index is 6.04. The molecular formula is C17H20Br2N2. The molecule has 0 heterocycles. The predicted octanol–water partition coefficient (Wildman–Crippen LogP) is 4.96. The molecule has 0 aliphatic carbocycles. The fraction of sp³-hybridized carbons (Fsp3) is 0.294. The summed E-state index contributed by atoms with van der Waals surface area (Å²) >= 11 is 7.08. The summed E-state index contributed by atoms with van der Waals surface area (Å²) in [6.45, 7) is 4.82. The monoisotopic (exact) mass is 410 g/mol. The van der Waals surface area contributed by atoms with Crippen molar-refractivity contribution in [2.24, 2.45) is 5.73 Å². The molecule has 2 nitrogen and oxygen atoms in total. The number of hydrogen-bond acceptors (Lipinski definition) is 2. The second-order valence-corrected chi connectivity index (χ2v) is 7.03. The van der Waals surface area contributed by atoms with Crippen LogP contribution in [0.15, 0.2) is 45.3 Å². The quantitative estimate of drug-likeness (QED) is 0.769. The second-order valence-electron chi connectivity index (χ2n) is 5.33. The largest absolute Gasteiger partial charge is 0.366 e. The number of benzene rings is 2. The van der Waals surface area contributed by atoms with Gasteiger partial charge in [0.15, 0.2) is 0 Å². The maximum Gasteiger partial charge on any atom is 0.0662 e. The van der Waals surface area contributed by atoms with Gasteiger partial charge in [0, 0.05) is 28.2 Å². The minimum atomic E-state index is 0.149. The molecule has 0 bridgehead atoms. The number of anilines is 1. The summed E-state index contributed by atoms with van der Waals surface area (Å²) in [5.74, 6) is 0. The van der Waals surface area contributed by atoms with Gasteiger partial charge in [-0.3, -0.25) is 0 Å². The van der Waals surface area contributed by atoms with E-state index in [1.807, 2.05) is 0 Å². The van der Waals surface area contributed by atoms with Crippen molar-refractivity contribution in [2.45, 2.75) is 19.9 Å². The number of likely N-dealkylation sites (N-methyl/N-ethyl adjacent to an activating group) is 1. The lowest BCUT2D eigenvalue weighted by Crippen LogP contribution is -2.31. The molecule has 0 aliphatic rings. The molecule has 0 saturated heterocycles. The van der Waals surface area contributed by atoms with E-state index >= 15 is 0 Å². The van der Waals surface area contributed by atoms with E-state index in [-0.39, 0.29) is 6.04 Å². The molecule has 1 unspecified atom stereocenters. The third kappa shape index (κ3) is 3.68. The smallest absolute Gasteiger partial charge is 0.0662 e. The van der Waals surface area contributed by atoms with E-state index in [2.05, 4.69) is 94.1 Å². The Morgan fingerprint density at radius 2 is 1.76 bits per heavy atom. The minimum Gasteiger partial charge on any atom is -0.366 e. The zero-order valence-electron chi connectivity index (χ0n) is 12.5. The van der Waals surface area contributed by atoms with Gasteiger partial charge < -0.3 is 10.6 Å². The maximum absolute atomic E-state index is 6.04. The Balaban J connectivity index is 2.37. The molecule has 4 heteroatoms. The molecule has 0 saturated carbocycles. The SMILES string of the molecule is Cc1ccc(N(C)C(CN)c2ccc(Br)c(Br)c2)c(C)c1. The van der Waals surface area contributed by atoms with E-state index in [4.69, 9.17) is 5.73 Å². The molecule has 0 aliphatic heterocycles. The van der Waals surface area contributed by atoms with Gasteiger partial charge in [0.25, 0.3) is 0 Å². The van der Waals surface area contributed by atoms with Crippen molar-refractivity contribution < 1.29 is 0 Å². The van der Waals surface area contributed by atoms with E-state index in [1.54, 1.807) is 0 Å². The Kier molecular flexibility index (Phi) is 5.47. The molecular weight excluding hydrogens is 392 g/mol. The molecule has 2 rings (SSSR count). The number of halogens is 2. The van der Waals surface area contributed by atoms with Gasteiger partial charge in [-0.1, -0.05) is 23.8 Å². The lowest BCUT2D eigenvalue weighted by atomic mass is 10.0. The van der Waals surface area contributed by atoms with Crippen molar-refractivity contribution >= 4 is 37.5 Å². The Morgan fingerprint density at radius 1 is 1.05 bits per heavy atom. The lowest BCUT2D eigenvalue weighted by molar-refractivity contribution is 0.678. The highest BCUT2D eigenvalue weighted by atomic mass is 79.9. The first-order chi connectivity index (χ1) is 9.93. The van der Waals surface area contributed by atoms with Crippen LogP contribution in [0.2, 0.25) is 0 Å². The molecule has 0 aromatic heterocycles. The normalized spacial score (nSPS) is 12.3. The first-order valence-corrected chi connectivity index (χ1v) is 8.47. The molecule has 0 fully saturated rings. The summed E-state index contributed by atoms with van der Waals surface area (Å²) in [6, 6.07) is 13.0. The third-order valence-corrected chi connectivity index (χ3v) is 5.63. The number of nitrogens with zero attached hydrogens (tertiary/aromatic N) is 1. The van der Waals surface area contributed by atoms with Gasteiger partial charge in [0.1, 0.15) is 0 Å². The summed E-state index contributed by atoms with van der Waals surface area (Å²) in [7, 11) is 2.10. The molecule has 0 spiro atoms. The molecule has 2 aromatic rings. The summed E-state index contributed by atoms with van der Waals surface area (Å²) in [6.07, 6.45) is 0. The summed E-state index contributed by atoms with van der Waals surface area (Å²) in [5, 5.41) is 0. The van der Waals surface area contributed by atoms with Crippen LogP contribution in [-0.2, 0) is 0 Å².